The van der Waals surface area contributed by atoms with Crippen molar-refractivity contribution >= 4 is 31.5 Å². The van der Waals surface area contributed by atoms with Gasteiger partial charge in [-0.15, -0.1) is 0 Å². The first kappa shape index (κ1) is 9.42. The van der Waals surface area contributed by atoms with Gasteiger partial charge in [0, 0.05) is 15.9 Å². The van der Waals surface area contributed by atoms with Crippen molar-refractivity contribution in [3.05, 3.63) is 11.5 Å². The summed E-state index contributed by atoms with van der Waals surface area (Å²) in [7, 11) is 1.59. The van der Waals surface area contributed by atoms with Crippen molar-refractivity contribution in [1.29, 1.82) is 0 Å². The van der Waals surface area contributed by atoms with E-state index in [4.69, 9.17) is 10.7 Å². The SMILES string of the molecule is C=C(C1CCCS1)S(=O)(=O)Cl. The van der Waals surface area contributed by atoms with Crippen LogP contribution >= 0.6 is 22.4 Å². The number of hydrogen-bond donors (Lipinski definition) is 0. The molecule has 11 heavy (non-hydrogen) atoms. The van der Waals surface area contributed by atoms with Crippen LogP contribution in [0.25, 0.3) is 0 Å². The molecule has 1 saturated heterocycles. The summed E-state index contributed by atoms with van der Waals surface area (Å²) in [6, 6.07) is 0. The van der Waals surface area contributed by atoms with Crippen LogP contribution in [-0.4, -0.2) is 19.4 Å². The molecule has 0 aromatic carbocycles. The lowest BCUT2D eigenvalue weighted by atomic mass is 10.2. The third-order valence-corrected chi connectivity index (χ3v) is 4.70. The largest absolute Gasteiger partial charge is 0.258 e. The fraction of sp³-hybridized carbons (Fsp3) is 0.667. The van der Waals surface area contributed by atoms with Crippen molar-refractivity contribution in [2.75, 3.05) is 5.75 Å². The maximum atomic E-state index is 10.8. The summed E-state index contributed by atoms with van der Waals surface area (Å²) >= 11 is 1.61. The summed E-state index contributed by atoms with van der Waals surface area (Å²) in [6.45, 7) is 3.47. The molecule has 0 amide bonds. The first-order chi connectivity index (χ1) is 5.02. The molecule has 1 aliphatic heterocycles. The van der Waals surface area contributed by atoms with Crippen LogP contribution in [-0.2, 0) is 9.05 Å². The zero-order valence-corrected chi connectivity index (χ0v) is 8.31. The standard InChI is InChI=1S/C6H9ClO2S2/c1-5(11(7,8)9)6-3-2-4-10-6/h6H,1-4H2. The summed E-state index contributed by atoms with van der Waals surface area (Å²) in [5.41, 5.74) is 0. The summed E-state index contributed by atoms with van der Waals surface area (Å²) in [5, 5.41) is 0.0255. The summed E-state index contributed by atoms with van der Waals surface area (Å²) < 4.78 is 21.5. The van der Waals surface area contributed by atoms with E-state index in [0.29, 0.717) is 0 Å². The van der Waals surface area contributed by atoms with Gasteiger partial charge in [-0.05, 0) is 18.6 Å². The van der Waals surface area contributed by atoms with E-state index < -0.39 is 9.05 Å². The Balaban J connectivity index is 2.69. The Morgan fingerprint density at radius 1 is 1.64 bits per heavy atom. The predicted octanol–water partition coefficient (Wildman–Crippen LogP) is 1.96. The van der Waals surface area contributed by atoms with E-state index in [0.717, 1.165) is 18.6 Å². The van der Waals surface area contributed by atoms with Crippen molar-refractivity contribution < 1.29 is 8.42 Å². The van der Waals surface area contributed by atoms with Gasteiger partial charge in [0.05, 0.1) is 4.91 Å². The zero-order valence-electron chi connectivity index (χ0n) is 5.92. The Morgan fingerprint density at radius 3 is 2.64 bits per heavy atom. The highest BCUT2D eigenvalue weighted by Gasteiger charge is 2.25. The minimum Gasteiger partial charge on any atom is -0.207 e. The maximum Gasteiger partial charge on any atom is 0.258 e. The van der Waals surface area contributed by atoms with Gasteiger partial charge in [-0.1, -0.05) is 6.58 Å². The molecule has 0 bridgehead atoms. The number of rotatable bonds is 2. The molecule has 0 aromatic heterocycles. The summed E-state index contributed by atoms with van der Waals surface area (Å²) in [5.74, 6) is 1.01. The van der Waals surface area contributed by atoms with Gasteiger partial charge in [0.1, 0.15) is 0 Å². The molecule has 0 N–H and O–H groups in total. The molecule has 5 heteroatoms. The van der Waals surface area contributed by atoms with E-state index in [1.807, 2.05) is 0 Å². The van der Waals surface area contributed by atoms with Crippen LogP contribution < -0.4 is 0 Å². The first-order valence-corrected chi connectivity index (χ1v) is 6.62. The highest BCUT2D eigenvalue weighted by atomic mass is 35.7. The number of thioether (sulfide) groups is 1. The second kappa shape index (κ2) is 3.37. The highest BCUT2D eigenvalue weighted by molar-refractivity contribution is 8.17. The van der Waals surface area contributed by atoms with Gasteiger partial charge in [0.15, 0.2) is 0 Å². The molecular formula is C6H9ClO2S2. The topological polar surface area (TPSA) is 34.1 Å². The van der Waals surface area contributed by atoms with Crippen LogP contribution in [0, 0.1) is 0 Å². The average Bonchev–Trinajstić information content (AvgIpc) is 2.34. The van der Waals surface area contributed by atoms with Gasteiger partial charge in [-0.25, -0.2) is 8.42 Å². The summed E-state index contributed by atoms with van der Waals surface area (Å²) in [4.78, 5) is 0.168. The quantitative estimate of drug-likeness (QED) is 0.657. The Bertz CT molecular complexity index is 252. The van der Waals surface area contributed by atoms with Crippen LogP contribution in [0.15, 0.2) is 11.5 Å². The van der Waals surface area contributed by atoms with Crippen molar-refractivity contribution in [2.45, 2.75) is 18.1 Å². The Kier molecular flexibility index (Phi) is 2.89. The van der Waals surface area contributed by atoms with Crippen LogP contribution in [0.2, 0.25) is 0 Å². The minimum atomic E-state index is -3.53. The molecule has 1 fully saturated rings. The number of halogens is 1. The molecule has 0 saturated carbocycles. The summed E-state index contributed by atoms with van der Waals surface area (Å²) in [6.07, 6.45) is 1.94. The first-order valence-electron chi connectivity index (χ1n) is 3.27. The smallest absolute Gasteiger partial charge is 0.207 e. The van der Waals surface area contributed by atoms with Crippen LogP contribution in [0.3, 0.4) is 0 Å². The Morgan fingerprint density at radius 2 is 2.27 bits per heavy atom. The second-order valence-electron chi connectivity index (χ2n) is 2.41. The average molecular weight is 213 g/mol. The van der Waals surface area contributed by atoms with Gasteiger partial charge in [0.2, 0.25) is 0 Å². The lowest BCUT2D eigenvalue weighted by Gasteiger charge is -2.07. The van der Waals surface area contributed by atoms with Crippen molar-refractivity contribution in [3.8, 4) is 0 Å². The van der Waals surface area contributed by atoms with Gasteiger partial charge < -0.3 is 0 Å². The second-order valence-corrected chi connectivity index (χ2v) is 6.34. The Hall–Kier alpha value is 0.330. The third-order valence-electron chi connectivity index (χ3n) is 1.60. The van der Waals surface area contributed by atoms with Crippen molar-refractivity contribution in [3.63, 3.8) is 0 Å². The predicted molar refractivity (Wildman–Crippen MR) is 49.4 cm³/mol. The monoisotopic (exact) mass is 212 g/mol. The fourth-order valence-electron chi connectivity index (χ4n) is 0.989. The van der Waals surface area contributed by atoms with E-state index >= 15 is 0 Å². The lowest BCUT2D eigenvalue weighted by molar-refractivity contribution is 0.613. The molecule has 1 rings (SSSR count). The van der Waals surface area contributed by atoms with E-state index in [1.54, 1.807) is 11.8 Å². The normalized spacial score (nSPS) is 25.4. The van der Waals surface area contributed by atoms with E-state index in [2.05, 4.69) is 6.58 Å². The van der Waals surface area contributed by atoms with E-state index in [1.165, 1.54) is 0 Å². The van der Waals surface area contributed by atoms with Crippen molar-refractivity contribution in [1.82, 2.24) is 0 Å². The lowest BCUT2D eigenvalue weighted by Crippen LogP contribution is -2.06. The van der Waals surface area contributed by atoms with E-state index in [-0.39, 0.29) is 10.2 Å². The van der Waals surface area contributed by atoms with Gasteiger partial charge in [-0.3, -0.25) is 0 Å². The van der Waals surface area contributed by atoms with Gasteiger partial charge in [-0.2, -0.15) is 11.8 Å². The van der Waals surface area contributed by atoms with Crippen LogP contribution in [0.4, 0.5) is 0 Å². The molecule has 0 radical (unpaired) electrons. The molecule has 0 spiro atoms. The highest BCUT2D eigenvalue weighted by Crippen LogP contribution is 2.34. The van der Waals surface area contributed by atoms with Crippen LogP contribution in [0.1, 0.15) is 12.8 Å². The van der Waals surface area contributed by atoms with Gasteiger partial charge in [0.25, 0.3) is 9.05 Å². The zero-order chi connectivity index (χ0) is 8.48. The minimum absolute atomic E-state index is 0.0255. The molecule has 1 aliphatic rings. The fourth-order valence-corrected chi connectivity index (χ4v) is 3.62. The van der Waals surface area contributed by atoms with Crippen molar-refractivity contribution in [2.24, 2.45) is 0 Å². The molecule has 2 nitrogen and oxygen atoms in total. The van der Waals surface area contributed by atoms with Gasteiger partial charge >= 0.3 is 0 Å². The number of hydrogen-bond acceptors (Lipinski definition) is 3. The molecule has 1 atom stereocenters. The third kappa shape index (κ3) is 2.39. The molecular weight excluding hydrogens is 204 g/mol. The molecule has 1 unspecified atom stereocenters. The molecule has 64 valence electrons. The molecule has 0 aliphatic carbocycles. The molecule has 0 aromatic rings. The van der Waals surface area contributed by atoms with Crippen LogP contribution in [0.5, 0.6) is 0 Å². The Labute approximate surface area is 75.4 Å². The maximum absolute atomic E-state index is 10.8. The molecule has 1 heterocycles. The van der Waals surface area contributed by atoms with E-state index in [9.17, 15) is 8.42 Å².